The number of carbonyl (C=O) groups excluding carboxylic acids is 1. The van der Waals surface area contributed by atoms with Gasteiger partial charge in [-0.1, -0.05) is 11.6 Å². The number of hydrogen-bond donors (Lipinski definition) is 1. The average Bonchev–Trinajstić information content (AvgIpc) is 2.79. The SMILES string of the molecule is O=C(CCn1ccnc1)Nc1ccnc(Cl)c1. The number of nitrogens with one attached hydrogen (secondary N) is 1. The van der Waals surface area contributed by atoms with Crippen LogP contribution in [0.25, 0.3) is 0 Å². The summed E-state index contributed by atoms with van der Waals surface area (Å²) in [6.45, 7) is 0.602. The molecule has 0 unspecified atom stereocenters. The van der Waals surface area contributed by atoms with Gasteiger partial charge in [-0.2, -0.15) is 0 Å². The third-order valence-electron chi connectivity index (χ3n) is 2.17. The molecule has 5 nitrogen and oxygen atoms in total. The Bertz CT molecular complexity index is 498. The lowest BCUT2D eigenvalue weighted by molar-refractivity contribution is -0.116. The van der Waals surface area contributed by atoms with Gasteiger partial charge in [-0.15, -0.1) is 0 Å². The molecule has 1 amide bonds. The molecule has 1 N–H and O–H groups in total. The van der Waals surface area contributed by atoms with Crippen molar-refractivity contribution < 1.29 is 4.79 Å². The Hall–Kier alpha value is -1.88. The largest absolute Gasteiger partial charge is 0.337 e. The molecule has 0 saturated heterocycles. The van der Waals surface area contributed by atoms with Crippen LogP contribution >= 0.6 is 11.6 Å². The molecule has 6 heteroatoms. The number of pyridine rings is 1. The highest BCUT2D eigenvalue weighted by atomic mass is 35.5. The molecule has 2 aromatic heterocycles. The molecule has 0 radical (unpaired) electrons. The Morgan fingerprint density at radius 2 is 2.35 bits per heavy atom. The maximum Gasteiger partial charge on any atom is 0.226 e. The summed E-state index contributed by atoms with van der Waals surface area (Å²) in [6.07, 6.45) is 7.11. The molecule has 0 spiro atoms. The number of nitrogens with zero attached hydrogens (tertiary/aromatic N) is 3. The molecule has 2 heterocycles. The van der Waals surface area contributed by atoms with Gasteiger partial charge in [0.15, 0.2) is 0 Å². The average molecular weight is 251 g/mol. The van der Waals surface area contributed by atoms with E-state index < -0.39 is 0 Å². The van der Waals surface area contributed by atoms with Gasteiger partial charge in [-0.25, -0.2) is 9.97 Å². The molecule has 0 aliphatic carbocycles. The fraction of sp³-hybridized carbons (Fsp3) is 0.182. The van der Waals surface area contributed by atoms with Crippen molar-refractivity contribution in [3.8, 4) is 0 Å². The predicted molar refractivity (Wildman–Crippen MR) is 64.7 cm³/mol. The Morgan fingerprint density at radius 3 is 3.06 bits per heavy atom. The van der Waals surface area contributed by atoms with Gasteiger partial charge >= 0.3 is 0 Å². The number of hydrogen-bond acceptors (Lipinski definition) is 3. The molecular weight excluding hydrogens is 240 g/mol. The summed E-state index contributed by atoms with van der Waals surface area (Å²) in [5.41, 5.74) is 0.653. The quantitative estimate of drug-likeness (QED) is 0.844. The van der Waals surface area contributed by atoms with Crippen molar-refractivity contribution in [2.45, 2.75) is 13.0 Å². The molecule has 0 saturated carbocycles. The summed E-state index contributed by atoms with van der Waals surface area (Å²) in [4.78, 5) is 19.3. The highest BCUT2D eigenvalue weighted by molar-refractivity contribution is 6.29. The highest BCUT2D eigenvalue weighted by Crippen LogP contribution is 2.12. The van der Waals surface area contributed by atoms with Gasteiger partial charge in [0, 0.05) is 37.2 Å². The second-order valence-corrected chi connectivity index (χ2v) is 3.85. The van der Waals surface area contributed by atoms with E-state index in [9.17, 15) is 4.79 Å². The molecule has 0 fully saturated rings. The molecule has 2 aromatic rings. The molecule has 0 aromatic carbocycles. The van der Waals surface area contributed by atoms with E-state index in [1.54, 1.807) is 30.9 Å². The lowest BCUT2D eigenvalue weighted by atomic mass is 10.3. The molecule has 88 valence electrons. The van der Waals surface area contributed by atoms with Gasteiger partial charge < -0.3 is 9.88 Å². The van der Waals surface area contributed by atoms with Crippen LogP contribution in [0.15, 0.2) is 37.1 Å². The third-order valence-corrected chi connectivity index (χ3v) is 2.37. The number of aromatic nitrogens is 3. The van der Waals surface area contributed by atoms with Crippen LogP contribution in [0, 0.1) is 0 Å². The number of aryl methyl sites for hydroxylation is 1. The number of carbonyl (C=O) groups is 1. The Balaban J connectivity index is 1.85. The van der Waals surface area contributed by atoms with Gasteiger partial charge in [-0.05, 0) is 12.1 Å². The Morgan fingerprint density at radius 1 is 1.47 bits per heavy atom. The fourth-order valence-corrected chi connectivity index (χ4v) is 1.53. The molecular formula is C11H11ClN4O. The first kappa shape index (κ1) is 11.6. The zero-order valence-electron chi connectivity index (χ0n) is 9.01. The Labute approximate surface area is 103 Å². The molecule has 2 rings (SSSR count). The summed E-state index contributed by atoms with van der Waals surface area (Å²) in [7, 11) is 0. The van der Waals surface area contributed by atoms with Crippen LogP contribution in [0.4, 0.5) is 5.69 Å². The second kappa shape index (κ2) is 5.45. The maximum atomic E-state index is 11.6. The first-order valence-corrected chi connectivity index (χ1v) is 5.49. The summed E-state index contributed by atoms with van der Waals surface area (Å²) >= 11 is 5.71. The van der Waals surface area contributed by atoms with E-state index in [1.165, 1.54) is 0 Å². The van der Waals surface area contributed by atoms with Gasteiger partial charge in [0.1, 0.15) is 5.15 Å². The normalized spacial score (nSPS) is 10.2. The van der Waals surface area contributed by atoms with E-state index >= 15 is 0 Å². The first-order chi connectivity index (χ1) is 8.24. The zero-order chi connectivity index (χ0) is 12.1. The van der Waals surface area contributed by atoms with Crippen molar-refractivity contribution in [1.82, 2.24) is 14.5 Å². The molecule has 0 aliphatic rings. The lowest BCUT2D eigenvalue weighted by Crippen LogP contribution is -2.14. The number of anilines is 1. The minimum Gasteiger partial charge on any atom is -0.337 e. The van der Waals surface area contributed by atoms with Crippen LogP contribution in [0.5, 0.6) is 0 Å². The van der Waals surface area contributed by atoms with E-state index in [-0.39, 0.29) is 5.91 Å². The van der Waals surface area contributed by atoms with Gasteiger partial charge in [0.05, 0.1) is 6.33 Å². The number of halogens is 1. The van der Waals surface area contributed by atoms with E-state index in [1.807, 2.05) is 10.8 Å². The number of imidazole rings is 1. The zero-order valence-corrected chi connectivity index (χ0v) is 9.76. The van der Waals surface area contributed by atoms with Gasteiger partial charge in [0.2, 0.25) is 5.91 Å². The van der Waals surface area contributed by atoms with E-state index in [2.05, 4.69) is 15.3 Å². The summed E-state index contributed by atoms with van der Waals surface area (Å²) in [6, 6.07) is 3.30. The highest BCUT2D eigenvalue weighted by Gasteiger charge is 2.03. The van der Waals surface area contributed by atoms with Gasteiger partial charge in [-0.3, -0.25) is 4.79 Å². The fourth-order valence-electron chi connectivity index (χ4n) is 1.35. The molecule has 0 atom stereocenters. The van der Waals surface area contributed by atoms with Crippen LogP contribution in [-0.2, 0) is 11.3 Å². The predicted octanol–water partition coefficient (Wildman–Crippen LogP) is 1.96. The molecule has 17 heavy (non-hydrogen) atoms. The second-order valence-electron chi connectivity index (χ2n) is 3.47. The summed E-state index contributed by atoms with van der Waals surface area (Å²) in [5.74, 6) is -0.0685. The van der Waals surface area contributed by atoms with Crippen LogP contribution in [0.1, 0.15) is 6.42 Å². The van der Waals surface area contributed by atoms with Crippen molar-refractivity contribution in [3.63, 3.8) is 0 Å². The topological polar surface area (TPSA) is 59.8 Å². The van der Waals surface area contributed by atoms with E-state index in [0.717, 1.165) is 0 Å². The summed E-state index contributed by atoms with van der Waals surface area (Å²) < 4.78 is 1.85. The van der Waals surface area contributed by atoms with Crippen molar-refractivity contribution >= 4 is 23.2 Å². The summed E-state index contributed by atoms with van der Waals surface area (Å²) in [5, 5.41) is 3.11. The maximum absolute atomic E-state index is 11.6. The van der Waals surface area contributed by atoms with Crippen LogP contribution in [0.3, 0.4) is 0 Å². The van der Waals surface area contributed by atoms with Crippen LogP contribution < -0.4 is 5.32 Å². The molecule has 0 bridgehead atoms. The lowest BCUT2D eigenvalue weighted by Gasteiger charge is -2.05. The smallest absolute Gasteiger partial charge is 0.226 e. The van der Waals surface area contributed by atoms with E-state index in [4.69, 9.17) is 11.6 Å². The van der Waals surface area contributed by atoms with Gasteiger partial charge in [0.25, 0.3) is 0 Å². The molecule has 0 aliphatic heterocycles. The standard InChI is InChI=1S/C11H11ClN4O/c12-10-7-9(1-3-14-10)15-11(17)2-5-16-6-4-13-8-16/h1,3-4,6-8H,2,5H2,(H,14,15,17). The minimum atomic E-state index is -0.0685. The Kier molecular flexibility index (Phi) is 3.72. The van der Waals surface area contributed by atoms with Crippen molar-refractivity contribution in [3.05, 3.63) is 42.2 Å². The van der Waals surface area contributed by atoms with Crippen molar-refractivity contribution in [2.75, 3.05) is 5.32 Å². The number of rotatable bonds is 4. The van der Waals surface area contributed by atoms with Crippen LogP contribution in [-0.4, -0.2) is 20.4 Å². The van der Waals surface area contributed by atoms with Crippen molar-refractivity contribution in [2.24, 2.45) is 0 Å². The number of amides is 1. The third kappa shape index (κ3) is 3.57. The van der Waals surface area contributed by atoms with Crippen LogP contribution in [0.2, 0.25) is 5.15 Å². The minimum absolute atomic E-state index is 0.0685. The van der Waals surface area contributed by atoms with Crippen molar-refractivity contribution in [1.29, 1.82) is 0 Å². The van der Waals surface area contributed by atoms with E-state index in [0.29, 0.717) is 23.8 Å². The first-order valence-electron chi connectivity index (χ1n) is 5.11. The monoisotopic (exact) mass is 250 g/mol.